The second-order valence-corrected chi connectivity index (χ2v) is 7.66. The third kappa shape index (κ3) is 3.85. The largest absolute Gasteiger partial charge is 0.469 e. The molecule has 2 fully saturated rings. The predicted molar refractivity (Wildman–Crippen MR) is 101 cm³/mol. The van der Waals surface area contributed by atoms with Crippen molar-refractivity contribution in [3.8, 4) is 0 Å². The van der Waals surface area contributed by atoms with Gasteiger partial charge in [-0.05, 0) is 56.7 Å². The van der Waals surface area contributed by atoms with E-state index in [1.807, 2.05) is 34.1 Å². The first kappa shape index (κ1) is 18.7. The highest BCUT2D eigenvalue weighted by atomic mass is 16.5. The Balaban J connectivity index is 1.63. The fourth-order valence-corrected chi connectivity index (χ4v) is 4.00. The summed E-state index contributed by atoms with van der Waals surface area (Å²) in [6.07, 6.45) is 4.92. The maximum atomic E-state index is 13.0. The van der Waals surface area contributed by atoms with E-state index in [-0.39, 0.29) is 23.6 Å². The van der Waals surface area contributed by atoms with Gasteiger partial charge in [0.2, 0.25) is 0 Å². The quantitative estimate of drug-likeness (QED) is 0.820. The maximum Gasteiger partial charge on any atom is 0.325 e. The van der Waals surface area contributed by atoms with Crippen molar-refractivity contribution >= 4 is 17.7 Å². The zero-order valence-corrected chi connectivity index (χ0v) is 15.7. The second-order valence-electron chi connectivity index (χ2n) is 7.66. The molecule has 1 aliphatic carbocycles. The highest BCUT2D eigenvalue weighted by molar-refractivity contribution is 5.94. The number of carbonyl (C=O) groups is 2. The van der Waals surface area contributed by atoms with Crippen molar-refractivity contribution in [3.05, 3.63) is 29.8 Å². The van der Waals surface area contributed by atoms with Gasteiger partial charge in [0.05, 0.1) is 7.11 Å². The van der Waals surface area contributed by atoms with Crippen molar-refractivity contribution in [2.45, 2.75) is 57.0 Å². The molecule has 2 amide bonds. The molecule has 0 radical (unpaired) electrons. The van der Waals surface area contributed by atoms with Gasteiger partial charge in [0, 0.05) is 36.8 Å². The van der Waals surface area contributed by atoms with Crippen LogP contribution < -0.4 is 10.6 Å². The molecule has 1 saturated heterocycles. The number of amides is 2. The molecule has 2 N–H and O–H groups in total. The van der Waals surface area contributed by atoms with Crippen molar-refractivity contribution in [1.82, 2.24) is 4.90 Å². The molecule has 1 aromatic carbocycles. The molecule has 1 aromatic rings. The van der Waals surface area contributed by atoms with Gasteiger partial charge in [0.1, 0.15) is 0 Å². The zero-order valence-electron chi connectivity index (χ0n) is 15.7. The first-order chi connectivity index (χ1) is 12.4. The summed E-state index contributed by atoms with van der Waals surface area (Å²) < 4.78 is 4.67. The molecule has 6 heteroatoms. The Hall–Kier alpha value is -2.08. The highest BCUT2D eigenvalue weighted by Gasteiger charge is 2.43. The van der Waals surface area contributed by atoms with E-state index in [2.05, 4.69) is 11.7 Å². The number of hydrogen-bond acceptors (Lipinski definition) is 4. The van der Waals surface area contributed by atoms with Gasteiger partial charge in [-0.25, -0.2) is 4.79 Å². The molecule has 142 valence electrons. The first-order valence-corrected chi connectivity index (χ1v) is 9.43. The standard InChI is InChI=1S/C20H29N3O3/c1-20(11-9-16(21)10-12-20)23-14-13-22(19(23)25)17-6-3-15(4-7-17)5-8-18(24)26-2/h3-4,6-7,16H,5,8-14,21H2,1-2H3. The summed E-state index contributed by atoms with van der Waals surface area (Å²) in [6, 6.07) is 8.26. The van der Waals surface area contributed by atoms with E-state index in [1.54, 1.807) is 0 Å². The number of anilines is 1. The molecular weight excluding hydrogens is 330 g/mol. The van der Waals surface area contributed by atoms with Crippen molar-refractivity contribution in [2.24, 2.45) is 5.73 Å². The average molecular weight is 359 g/mol. The maximum absolute atomic E-state index is 13.0. The minimum atomic E-state index is -0.208. The van der Waals surface area contributed by atoms with Gasteiger partial charge in [-0.2, -0.15) is 0 Å². The van der Waals surface area contributed by atoms with Crippen LogP contribution in [0.5, 0.6) is 0 Å². The van der Waals surface area contributed by atoms with E-state index in [9.17, 15) is 9.59 Å². The van der Waals surface area contributed by atoms with Gasteiger partial charge >= 0.3 is 12.0 Å². The van der Waals surface area contributed by atoms with Crippen LogP contribution >= 0.6 is 0 Å². The SMILES string of the molecule is COC(=O)CCc1ccc(N2CCN(C3(C)CCC(N)CC3)C2=O)cc1. The van der Waals surface area contributed by atoms with Crippen LogP contribution in [0.25, 0.3) is 0 Å². The number of benzene rings is 1. The molecule has 2 aliphatic rings. The highest BCUT2D eigenvalue weighted by Crippen LogP contribution is 2.36. The van der Waals surface area contributed by atoms with Crippen LogP contribution in [-0.4, -0.2) is 48.7 Å². The Kier molecular flexibility index (Phi) is 5.51. The number of ether oxygens (including phenoxy) is 1. The fraction of sp³-hybridized carbons (Fsp3) is 0.600. The molecule has 0 bridgehead atoms. The van der Waals surface area contributed by atoms with E-state index in [0.29, 0.717) is 19.4 Å². The van der Waals surface area contributed by atoms with Crippen LogP contribution in [0.15, 0.2) is 24.3 Å². The molecule has 1 aliphatic heterocycles. The first-order valence-electron chi connectivity index (χ1n) is 9.43. The summed E-state index contributed by atoms with van der Waals surface area (Å²) in [6.45, 7) is 3.66. The van der Waals surface area contributed by atoms with Gasteiger partial charge in [0.15, 0.2) is 0 Å². The molecule has 0 unspecified atom stereocenters. The van der Waals surface area contributed by atoms with Crippen LogP contribution in [0.2, 0.25) is 0 Å². The minimum absolute atomic E-state index is 0.0812. The third-order valence-electron chi connectivity index (χ3n) is 5.86. The Morgan fingerprint density at radius 2 is 1.88 bits per heavy atom. The lowest BCUT2D eigenvalue weighted by Gasteiger charge is -2.43. The topological polar surface area (TPSA) is 75.9 Å². The van der Waals surface area contributed by atoms with Crippen LogP contribution in [0, 0.1) is 0 Å². The zero-order chi connectivity index (χ0) is 18.7. The number of nitrogens with zero attached hydrogens (tertiary/aromatic N) is 2. The normalized spacial score (nSPS) is 26.3. The molecule has 1 heterocycles. The van der Waals surface area contributed by atoms with E-state index in [0.717, 1.165) is 43.5 Å². The third-order valence-corrected chi connectivity index (χ3v) is 5.86. The molecular formula is C20H29N3O3. The number of methoxy groups -OCH3 is 1. The molecule has 6 nitrogen and oxygen atoms in total. The second kappa shape index (κ2) is 7.66. The van der Waals surface area contributed by atoms with Crippen LogP contribution in [0.1, 0.15) is 44.6 Å². The van der Waals surface area contributed by atoms with Gasteiger partial charge in [0.25, 0.3) is 0 Å². The van der Waals surface area contributed by atoms with Crippen molar-refractivity contribution in [1.29, 1.82) is 0 Å². The van der Waals surface area contributed by atoms with Crippen LogP contribution in [0.3, 0.4) is 0 Å². The van der Waals surface area contributed by atoms with Crippen molar-refractivity contribution < 1.29 is 14.3 Å². The van der Waals surface area contributed by atoms with E-state index >= 15 is 0 Å². The lowest BCUT2D eigenvalue weighted by Crippen LogP contribution is -2.52. The minimum Gasteiger partial charge on any atom is -0.469 e. The Morgan fingerprint density at radius 1 is 1.23 bits per heavy atom. The Labute approximate surface area is 155 Å². The summed E-state index contributed by atoms with van der Waals surface area (Å²) in [7, 11) is 1.40. The van der Waals surface area contributed by atoms with Crippen molar-refractivity contribution in [2.75, 3.05) is 25.1 Å². The number of esters is 1. The lowest BCUT2D eigenvalue weighted by molar-refractivity contribution is -0.140. The van der Waals surface area contributed by atoms with Crippen molar-refractivity contribution in [3.63, 3.8) is 0 Å². The van der Waals surface area contributed by atoms with E-state index in [1.165, 1.54) is 7.11 Å². The number of rotatable bonds is 5. The van der Waals surface area contributed by atoms with Crippen LogP contribution in [0.4, 0.5) is 10.5 Å². The molecule has 26 heavy (non-hydrogen) atoms. The summed E-state index contributed by atoms with van der Waals surface area (Å²) in [5.41, 5.74) is 7.93. The number of carbonyl (C=O) groups excluding carboxylic acids is 2. The van der Waals surface area contributed by atoms with Gasteiger partial charge in [-0.3, -0.25) is 9.69 Å². The summed E-state index contributed by atoms with van der Waals surface area (Å²) >= 11 is 0. The average Bonchev–Trinajstić information content (AvgIpc) is 3.05. The van der Waals surface area contributed by atoms with Gasteiger partial charge in [-0.1, -0.05) is 12.1 Å². The molecule has 0 aromatic heterocycles. The summed E-state index contributed by atoms with van der Waals surface area (Å²) in [5, 5.41) is 0. The predicted octanol–water partition coefficient (Wildman–Crippen LogP) is 2.69. The molecule has 0 atom stereocenters. The smallest absolute Gasteiger partial charge is 0.325 e. The monoisotopic (exact) mass is 359 g/mol. The lowest BCUT2D eigenvalue weighted by atomic mass is 9.80. The Morgan fingerprint density at radius 3 is 2.50 bits per heavy atom. The summed E-state index contributed by atoms with van der Waals surface area (Å²) in [5.74, 6) is -0.208. The molecule has 0 spiro atoms. The number of nitrogens with two attached hydrogens (primary N) is 1. The fourth-order valence-electron chi connectivity index (χ4n) is 4.00. The van der Waals surface area contributed by atoms with Gasteiger partial charge in [-0.15, -0.1) is 0 Å². The number of hydrogen-bond donors (Lipinski definition) is 1. The van der Waals surface area contributed by atoms with E-state index in [4.69, 9.17) is 5.73 Å². The van der Waals surface area contributed by atoms with Gasteiger partial charge < -0.3 is 15.4 Å². The number of aryl methyl sites for hydroxylation is 1. The Bertz CT molecular complexity index is 651. The molecule has 3 rings (SSSR count). The summed E-state index contributed by atoms with van der Waals surface area (Å²) in [4.78, 5) is 28.1. The molecule has 1 saturated carbocycles. The van der Waals surface area contributed by atoms with Crippen LogP contribution in [-0.2, 0) is 16.0 Å². The number of urea groups is 1. The van der Waals surface area contributed by atoms with E-state index < -0.39 is 0 Å².